The average Bonchev–Trinajstić information content (AvgIpc) is 2.93. The number of pyridine rings is 1. The van der Waals surface area contributed by atoms with E-state index in [2.05, 4.69) is 9.97 Å². The van der Waals surface area contributed by atoms with E-state index in [4.69, 9.17) is 16.7 Å². The van der Waals surface area contributed by atoms with Crippen LogP contribution in [0.15, 0.2) is 52.2 Å². The molecule has 4 aromatic rings. The first-order valence-corrected chi connectivity index (χ1v) is 8.34. The van der Waals surface area contributed by atoms with Crippen molar-refractivity contribution in [2.45, 2.75) is 4.90 Å². The Balaban J connectivity index is 2.15. The Bertz CT molecular complexity index is 1150. The lowest BCUT2D eigenvalue weighted by molar-refractivity contribution is 0.630. The van der Waals surface area contributed by atoms with Crippen molar-refractivity contribution in [1.82, 2.24) is 9.97 Å². The van der Waals surface area contributed by atoms with Gasteiger partial charge in [0.1, 0.15) is 10.8 Å². The van der Waals surface area contributed by atoms with Gasteiger partial charge >= 0.3 is 0 Å². The van der Waals surface area contributed by atoms with E-state index in [0.29, 0.717) is 22.0 Å². The highest BCUT2D eigenvalue weighted by molar-refractivity contribution is 7.97. The summed E-state index contributed by atoms with van der Waals surface area (Å²) in [5, 5.41) is 6.30. The van der Waals surface area contributed by atoms with Gasteiger partial charge in [-0.3, -0.25) is 9.93 Å². The van der Waals surface area contributed by atoms with Crippen LogP contribution in [-0.2, 0) is 0 Å². The molecule has 0 bridgehead atoms. The number of rotatable bonds is 2. The van der Waals surface area contributed by atoms with Crippen LogP contribution in [0, 0.1) is 5.82 Å². The lowest BCUT2D eigenvalue weighted by Crippen LogP contribution is -2.07. The third kappa shape index (κ3) is 2.31. The smallest absolute Gasteiger partial charge is 0.267 e. The molecular formula is C17H11ClFN3OS. The van der Waals surface area contributed by atoms with Gasteiger partial charge in [0.2, 0.25) is 0 Å². The first kappa shape index (κ1) is 15.3. The Kier molecular flexibility index (Phi) is 3.60. The van der Waals surface area contributed by atoms with Crippen molar-refractivity contribution >= 4 is 45.5 Å². The van der Waals surface area contributed by atoms with Gasteiger partial charge < -0.3 is 9.97 Å². The molecule has 0 saturated carbocycles. The van der Waals surface area contributed by atoms with Crippen molar-refractivity contribution in [3.05, 3.63) is 63.7 Å². The zero-order chi connectivity index (χ0) is 16.8. The second-order valence-corrected chi connectivity index (χ2v) is 6.44. The fraction of sp³-hybridized carbons (Fsp3) is 0. The maximum Gasteiger partial charge on any atom is 0.267 e. The maximum atomic E-state index is 13.6. The Morgan fingerprint density at radius 3 is 2.71 bits per heavy atom. The summed E-state index contributed by atoms with van der Waals surface area (Å²) in [5.74, 6) is -0.373. The van der Waals surface area contributed by atoms with Crippen molar-refractivity contribution in [2.24, 2.45) is 5.14 Å². The highest BCUT2D eigenvalue weighted by Crippen LogP contribution is 2.36. The second kappa shape index (κ2) is 5.66. The third-order valence-electron chi connectivity index (χ3n) is 3.93. The average molecular weight is 360 g/mol. The number of hydrogen-bond donors (Lipinski definition) is 3. The van der Waals surface area contributed by atoms with Gasteiger partial charge in [0, 0.05) is 21.4 Å². The Morgan fingerprint density at radius 2 is 1.92 bits per heavy atom. The van der Waals surface area contributed by atoms with E-state index >= 15 is 0 Å². The monoisotopic (exact) mass is 359 g/mol. The van der Waals surface area contributed by atoms with Crippen LogP contribution < -0.4 is 10.7 Å². The lowest BCUT2D eigenvalue weighted by Gasteiger charge is -2.07. The van der Waals surface area contributed by atoms with Crippen LogP contribution in [-0.4, -0.2) is 9.97 Å². The predicted octanol–water partition coefficient (Wildman–Crippen LogP) is 4.43. The molecule has 0 amide bonds. The molecule has 0 spiro atoms. The predicted molar refractivity (Wildman–Crippen MR) is 96.9 cm³/mol. The summed E-state index contributed by atoms with van der Waals surface area (Å²) >= 11 is 7.40. The minimum atomic E-state index is -0.421. The van der Waals surface area contributed by atoms with Gasteiger partial charge in [-0.15, -0.1) is 0 Å². The molecule has 0 saturated heterocycles. The number of aromatic nitrogens is 2. The summed E-state index contributed by atoms with van der Waals surface area (Å²) in [6, 6.07) is 11.8. The summed E-state index contributed by atoms with van der Waals surface area (Å²) in [6.45, 7) is 0. The second-order valence-electron chi connectivity index (χ2n) is 5.35. The molecule has 0 aliphatic carbocycles. The van der Waals surface area contributed by atoms with Gasteiger partial charge in [-0.1, -0.05) is 23.7 Å². The van der Waals surface area contributed by atoms with E-state index in [1.807, 2.05) is 24.3 Å². The van der Waals surface area contributed by atoms with E-state index in [1.54, 1.807) is 6.07 Å². The molecule has 24 heavy (non-hydrogen) atoms. The number of hydrogen-bond acceptors (Lipinski definition) is 3. The van der Waals surface area contributed by atoms with Gasteiger partial charge in [-0.2, -0.15) is 0 Å². The summed E-state index contributed by atoms with van der Waals surface area (Å²) in [5.41, 5.74) is 2.81. The van der Waals surface area contributed by atoms with E-state index < -0.39 is 5.56 Å². The molecule has 2 aromatic heterocycles. The molecule has 2 heterocycles. The molecule has 0 fully saturated rings. The topological polar surface area (TPSA) is 74.7 Å². The Labute approximate surface area is 145 Å². The number of fused-ring (bicyclic) bond motifs is 3. The van der Waals surface area contributed by atoms with Gasteiger partial charge in [-0.25, -0.2) is 4.39 Å². The van der Waals surface area contributed by atoms with Crippen LogP contribution in [0.1, 0.15) is 0 Å². The molecule has 4 rings (SSSR count). The van der Waals surface area contributed by atoms with Crippen molar-refractivity contribution in [3.8, 4) is 11.1 Å². The van der Waals surface area contributed by atoms with Crippen molar-refractivity contribution < 1.29 is 4.39 Å². The van der Waals surface area contributed by atoms with E-state index in [1.165, 1.54) is 12.1 Å². The normalized spacial score (nSPS) is 11.5. The Morgan fingerprint density at radius 1 is 1.08 bits per heavy atom. The molecule has 4 N–H and O–H groups in total. The minimum absolute atomic E-state index is 0.0775. The number of benzene rings is 2. The van der Waals surface area contributed by atoms with Crippen LogP contribution >= 0.6 is 23.5 Å². The highest BCUT2D eigenvalue weighted by Gasteiger charge is 2.17. The summed E-state index contributed by atoms with van der Waals surface area (Å²) in [4.78, 5) is 19.1. The quantitative estimate of drug-likeness (QED) is 0.463. The number of aromatic amines is 2. The number of nitrogens with two attached hydrogens (primary N) is 1. The highest BCUT2D eigenvalue weighted by atomic mass is 35.5. The fourth-order valence-corrected chi connectivity index (χ4v) is 3.47. The molecule has 2 aromatic carbocycles. The van der Waals surface area contributed by atoms with Gasteiger partial charge in [0.15, 0.2) is 0 Å². The molecule has 0 atom stereocenters. The van der Waals surface area contributed by atoms with Crippen LogP contribution in [0.3, 0.4) is 0 Å². The van der Waals surface area contributed by atoms with Crippen LogP contribution in [0.25, 0.3) is 33.1 Å². The SMILES string of the molecule is NSc1cccc(-c2c(Cl)c(=O)[nH]c3c2[nH]c2ccc(F)cc23)c1. The molecule has 120 valence electrons. The van der Waals surface area contributed by atoms with Crippen molar-refractivity contribution in [1.29, 1.82) is 0 Å². The largest absolute Gasteiger partial charge is 0.353 e. The third-order valence-corrected chi connectivity index (χ3v) is 4.81. The van der Waals surface area contributed by atoms with Crippen LogP contribution in [0.2, 0.25) is 5.02 Å². The summed E-state index contributed by atoms with van der Waals surface area (Å²) in [7, 11) is 0. The first-order valence-electron chi connectivity index (χ1n) is 7.08. The van der Waals surface area contributed by atoms with Gasteiger partial charge in [-0.05, 0) is 47.8 Å². The van der Waals surface area contributed by atoms with Crippen LogP contribution in [0.4, 0.5) is 4.39 Å². The first-order chi connectivity index (χ1) is 11.6. The van der Waals surface area contributed by atoms with Crippen molar-refractivity contribution in [2.75, 3.05) is 0 Å². The zero-order valence-corrected chi connectivity index (χ0v) is 13.8. The van der Waals surface area contributed by atoms with Crippen molar-refractivity contribution in [3.63, 3.8) is 0 Å². The fourth-order valence-electron chi connectivity index (χ4n) is 2.87. The molecule has 0 aliphatic rings. The van der Waals surface area contributed by atoms with E-state index in [9.17, 15) is 9.18 Å². The molecular weight excluding hydrogens is 349 g/mol. The minimum Gasteiger partial charge on any atom is -0.353 e. The zero-order valence-electron chi connectivity index (χ0n) is 12.2. The number of halogens is 2. The molecule has 7 heteroatoms. The Hall–Kier alpha value is -2.28. The number of H-pyrrole nitrogens is 2. The van der Waals surface area contributed by atoms with E-state index in [-0.39, 0.29) is 10.8 Å². The summed E-state index contributed by atoms with van der Waals surface area (Å²) in [6.07, 6.45) is 0. The number of nitrogens with one attached hydrogen (secondary N) is 2. The van der Waals surface area contributed by atoms with Gasteiger partial charge in [0.25, 0.3) is 5.56 Å². The van der Waals surface area contributed by atoms with E-state index in [0.717, 1.165) is 27.9 Å². The standard InChI is InChI=1S/C17H11ClFN3OS/c18-14-13(8-2-1-3-10(6-8)24-20)16-15(22-17(14)23)11-7-9(19)4-5-12(11)21-16/h1-7,21H,20H2,(H,22,23). The molecule has 0 unspecified atom stereocenters. The van der Waals surface area contributed by atoms with Crippen LogP contribution in [0.5, 0.6) is 0 Å². The summed E-state index contributed by atoms with van der Waals surface area (Å²) < 4.78 is 13.6. The van der Waals surface area contributed by atoms with Gasteiger partial charge in [0.05, 0.1) is 11.0 Å². The maximum absolute atomic E-state index is 13.6. The molecule has 0 radical (unpaired) electrons. The molecule has 0 aliphatic heterocycles. The molecule has 4 nitrogen and oxygen atoms in total. The lowest BCUT2D eigenvalue weighted by atomic mass is 10.0.